The summed E-state index contributed by atoms with van der Waals surface area (Å²) in [6.45, 7) is 12.5. The van der Waals surface area contributed by atoms with Crippen LogP contribution in [-0.2, 0) is 4.79 Å². The molecule has 0 aromatic heterocycles. The molecule has 2 aromatic carbocycles. The fraction of sp³-hybridized carbons (Fsp3) is 0.444. The fourth-order valence-electron chi connectivity index (χ4n) is 4.01. The number of amides is 1. The molecule has 0 saturated carbocycles. The number of rotatable bonds is 7. The molecule has 0 bridgehead atoms. The second-order valence-corrected chi connectivity index (χ2v) is 9.33. The Morgan fingerprint density at radius 1 is 1.16 bits per heavy atom. The summed E-state index contributed by atoms with van der Waals surface area (Å²) in [4.78, 5) is 15.4. The Bertz CT molecular complexity index is 959. The lowest BCUT2D eigenvalue weighted by Gasteiger charge is -2.34. The third-order valence-electron chi connectivity index (χ3n) is 6.42. The van der Waals surface area contributed by atoms with Crippen molar-refractivity contribution in [1.29, 1.82) is 0 Å². The number of anilines is 1. The Hall–Kier alpha value is -2.79. The van der Waals surface area contributed by atoms with Gasteiger partial charge in [0.15, 0.2) is 5.60 Å². The van der Waals surface area contributed by atoms with Gasteiger partial charge in [0.1, 0.15) is 5.75 Å². The molecular weight excluding hydrogens is 398 g/mol. The summed E-state index contributed by atoms with van der Waals surface area (Å²) >= 11 is 0. The van der Waals surface area contributed by atoms with E-state index in [0.717, 1.165) is 60.6 Å². The van der Waals surface area contributed by atoms with Gasteiger partial charge in [-0.1, -0.05) is 42.5 Å². The van der Waals surface area contributed by atoms with E-state index in [0.29, 0.717) is 0 Å². The van der Waals surface area contributed by atoms with Crippen LogP contribution in [0.2, 0.25) is 0 Å². The Kier molecular flexibility index (Phi) is 7.62. The third-order valence-corrected chi connectivity index (χ3v) is 6.42. The van der Waals surface area contributed by atoms with Gasteiger partial charge < -0.3 is 15.8 Å². The van der Waals surface area contributed by atoms with Gasteiger partial charge in [-0.2, -0.15) is 0 Å². The van der Waals surface area contributed by atoms with Crippen molar-refractivity contribution in [3.8, 4) is 5.75 Å². The highest BCUT2D eigenvalue weighted by atomic mass is 16.5. The zero-order valence-corrected chi connectivity index (χ0v) is 20.1. The topological polar surface area (TPSA) is 67.6 Å². The minimum atomic E-state index is -0.963. The van der Waals surface area contributed by atoms with E-state index in [4.69, 9.17) is 10.5 Å². The van der Waals surface area contributed by atoms with Crippen molar-refractivity contribution in [2.24, 2.45) is 0 Å². The van der Waals surface area contributed by atoms with Crippen LogP contribution < -0.4 is 15.8 Å². The fourth-order valence-corrected chi connectivity index (χ4v) is 4.01. The quantitative estimate of drug-likeness (QED) is 0.622. The van der Waals surface area contributed by atoms with Gasteiger partial charge in [-0.25, -0.2) is 0 Å². The molecule has 5 heteroatoms. The van der Waals surface area contributed by atoms with E-state index < -0.39 is 5.60 Å². The van der Waals surface area contributed by atoms with Crippen LogP contribution in [0.4, 0.5) is 5.69 Å². The van der Waals surface area contributed by atoms with Gasteiger partial charge in [-0.3, -0.25) is 9.69 Å². The number of hydrogen-bond donors (Lipinski definition) is 2. The third kappa shape index (κ3) is 5.92. The average molecular weight is 436 g/mol. The van der Waals surface area contributed by atoms with Crippen LogP contribution in [0.1, 0.15) is 48.9 Å². The molecule has 1 saturated heterocycles. The number of aryl methyl sites for hydroxylation is 1. The first-order valence-electron chi connectivity index (χ1n) is 11.5. The Labute approximate surface area is 192 Å². The Balaban J connectivity index is 1.50. The van der Waals surface area contributed by atoms with E-state index in [2.05, 4.69) is 46.6 Å². The first kappa shape index (κ1) is 23.9. The number of nitrogens with one attached hydrogen (secondary N) is 1. The van der Waals surface area contributed by atoms with Crippen LogP contribution in [0.25, 0.3) is 6.08 Å². The molecule has 0 spiro atoms. The predicted molar refractivity (Wildman–Crippen MR) is 133 cm³/mol. The van der Waals surface area contributed by atoms with Gasteiger partial charge >= 0.3 is 0 Å². The second kappa shape index (κ2) is 10.2. The number of piperidine rings is 1. The number of ether oxygens (including phenoxy) is 1. The smallest absolute Gasteiger partial charge is 0.263 e. The summed E-state index contributed by atoms with van der Waals surface area (Å²) in [5.41, 5.74) is 10.1. The molecule has 0 aliphatic carbocycles. The van der Waals surface area contributed by atoms with E-state index in [9.17, 15) is 4.79 Å². The van der Waals surface area contributed by atoms with Crippen LogP contribution in [0.15, 0.2) is 42.5 Å². The van der Waals surface area contributed by atoms with Crippen LogP contribution in [0.3, 0.4) is 0 Å². The average Bonchev–Trinajstić information content (AvgIpc) is 2.77. The molecule has 0 radical (unpaired) electrons. The van der Waals surface area contributed by atoms with Gasteiger partial charge in [0.05, 0.1) is 0 Å². The minimum Gasteiger partial charge on any atom is -0.478 e. The number of nitrogen functional groups attached to an aromatic ring is 1. The van der Waals surface area contributed by atoms with Gasteiger partial charge in [-0.05, 0) is 75.8 Å². The summed E-state index contributed by atoms with van der Waals surface area (Å²) < 4.78 is 6.18. The zero-order valence-electron chi connectivity index (χ0n) is 20.1. The molecule has 0 unspecified atom stereocenters. The molecule has 2 aromatic rings. The maximum Gasteiger partial charge on any atom is 0.263 e. The standard InChI is InChI=1S/C27H37N3O2/c1-19-18-24(20(2)21(3)25(19)28)32-27(4,5)26(31)29-23-13-16-30(17-14-23)15-9-12-22-10-7-6-8-11-22/h6-12,18,23H,13-17,28H2,1-5H3,(H,29,31)/b12-9+. The predicted octanol–water partition coefficient (Wildman–Crippen LogP) is 4.65. The molecule has 5 nitrogen and oxygen atoms in total. The molecule has 32 heavy (non-hydrogen) atoms. The van der Waals surface area contributed by atoms with Crippen molar-refractivity contribution in [1.82, 2.24) is 10.2 Å². The van der Waals surface area contributed by atoms with Crippen LogP contribution in [-0.4, -0.2) is 42.1 Å². The van der Waals surface area contributed by atoms with Gasteiger partial charge in [0, 0.05) is 31.4 Å². The molecule has 1 fully saturated rings. The van der Waals surface area contributed by atoms with E-state index >= 15 is 0 Å². The summed E-state index contributed by atoms with van der Waals surface area (Å²) in [5, 5.41) is 3.21. The number of benzene rings is 2. The van der Waals surface area contributed by atoms with E-state index in [1.165, 1.54) is 5.56 Å². The maximum absolute atomic E-state index is 13.0. The Morgan fingerprint density at radius 3 is 2.47 bits per heavy atom. The van der Waals surface area contributed by atoms with Crippen molar-refractivity contribution in [3.63, 3.8) is 0 Å². The number of likely N-dealkylation sites (tertiary alicyclic amines) is 1. The van der Waals surface area contributed by atoms with Crippen molar-refractivity contribution < 1.29 is 9.53 Å². The van der Waals surface area contributed by atoms with E-state index in [1.54, 1.807) is 0 Å². The number of hydrogen-bond acceptors (Lipinski definition) is 4. The molecule has 1 heterocycles. The lowest BCUT2D eigenvalue weighted by molar-refractivity contribution is -0.135. The first-order chi connectivity index (χ1) is 15.2. The van der Waals surface area contributed by atoms with Crippen molar-refractivity contribution in [2.75, 3.05) is 25.4 Å². The SMILES string of the molecule is Cc1cc(OC(C)(C)C(=O)NC2CCN(C/C=C/c3ccccc3)CC2)c(C)c(C)c1N. The lowest BCUT2D eigenvalue weighted by Crippen LogP contribution is -2.52. The molecule has 0 atom stereocenters. The summed E-state index contributed by atoms with van der Waals surface area (Å²) in [5.74, 6) is 0.640. The summed E-state index contributed by atoms with van der Waals surface area (Å²) in [7, 11) is 0. The van der Waals surface area contributed by atoms with E-state index in [1.807, 2.05) is 46.8 Å². The van der Waals surface area contributed by atoms with Crippen molar-refractivity contribution >= 4 is 17.7 Å². The lowest BCUT2D eigenvalue weighted by atomic mass is 10.0. The van der Waals surface area contributed by atoms with Crippen LogP contribution in [0, 0.1) is 20.8 Å². The highest BCUT2D eigenvalue weighted by Crippen LogP contribution is 2.31. The van der Waals surface area contributed by atoms with Crippen LogP contribution >= 0.6 is 0 Å². The maximum atomic E-state index is 13.0. The van der Waals surface area contributed by atoms with Gasteiger partial charge in [-0.15, -0.1) is 0 Å². The van der Waals surface area contributed by atoms with E-state index in [-0.39, 0.29) is 11.9 Å². The molecular formula is C27H37N3O2. The second-order valence-electron chi connectivity index (χ2n) is 9.33. The molecule has 1 aliphatic rings. The number of nitrogens with two attached hydrogens (primary N) is 1. The molecule has 1 aliphatic heterocycles. The number of nitrogens with zero attached hydrogens (tertiary/aromatic N) is 1. The largest absolute Gasteiger partial charge is 0.478 e. The van der Waals surface area contributed by atoms with Gasteiger partial charge in [0.25, 0.3) is 5.91 Å². The molecule has 1 amide bonds. The summed E-state index contributed by atoms with van der Waals surface area (Å²) in [6, 6.07) is 12.4. The normalized spacial score (nSPS) is 15.8. The summed E-state index contributed by atoms with van der Waals surface area (Å²) in [6.07, 6.45) is 6.26. The highest BCUT2D eigenvalue weighted by molar-refractivity contribution is 5.85. The Morgan fingerprint density at radius 2 is 1.81 bits per heavy atom. The zero-order chi connectivity index (χ0) is 23.3. The number of carbonyl (C=O) groups is 1. The van der Waals surface area contributed by atoms with Crippen LogP contribution in [0.5, 0.6) is 5.75 Å². The first-order valence-corrected chi connectivity index (χ1v) is 11.5. The highest BCUT2D eigenvalue weighted by Gasteiger charge is 2.33. The number of carbonyl (C=O) groups excluding carboxylic acids is 1. The molecule has 3 rings (SSSR count). The monoisotopic (exact) mass is 435 g/mol. The minimum absolute atomic E-state index is 0.0774. The van der Waals surface area contributed by atoms with Gasteiger partial charge in [0.2, 0.25) is 0 Å². The van der Waals surface area contributed by atoms with Crippen molar-refractivity contribution in [3.05, 3.63) is 64.7 Å². The molecule has 172 valence electrons. The van der Waals surface area contributed by atoms with Crippen molar-refractivity contribution in [2.45, 2.75) is 59.1 Å². The molecule has 3 N–H and O–H groups in total.